The highest BCUT2D eigenvalue weighted by atomic mass is 14.5. The van der Waals surface area contributed by atoms with Crippen molar-refractivity contribution in [3.8, 4) is 22.3 Å². The molecule has 1 heteroatoms. The lowest BCUT2D eigenvalue weighted by Gasteiger charge is -2.12. The molecule has 0 saturated carbocycles. The molecule has 0 heterocycles. The van der Waals surface area contributed by atoms with Crippen LogP contribution in [0.5, 0.6) is 0 Å². The highest BCUT2D eigenvalue weighted by molar-refractivity contribution is 5.83. The van der Waals surface area contributed by atoms with Gasteiger partial charge in [-0.05, 0) is 63.7 Å². The van der Waals surface area contributed by atoms with Crippen molar-refractivity contribution in [3.63, 3.8) is 0 Å². The average molecular weight is 323 g/mol. The number of allylic oxidation sites excluding steroid dienone is 4. The Morgan fingerprint density at radius 2 is 1.32 bits per heavy atom. The molecule has 0 spiro atoms. The van der Waals surface area contributed by atoms with Gasteiger partial charge in [-0.15, -0.1) is 0 Å². The maximum atomic E-state index is 5.83. The summed E-state index contributed by atoms with van der Waals surface area (Å²) >= 11 is 0. The maximum Gasteiger partial charge on any atom is 0.0314 e. The second-order valence-electron chi connectivity index (χ2n) is 5.85. The fourth-order valence-electron chi connectivity index (χ4n) is 2.84. The Labute approximate surface area is 149 Å². The molecule has 0 unspecified atom stereocenters. The zero-order valence-electron chi connectivity index (χ0n) is 14.2. The molecular formula is C24H21N. The molecule has 0 atom stereocenters. The quantitative estimate of drug-likeness (QED) is 0.429. The van der Waals surface area contributed by atoms with Crippen LogP contribution in [0.1, 0.15) is 5.56 Å². The Kier molecular flexibility index (Phi) is 4.96. The van der Waals surface area contributed by atoms with E-state index in [4.69, 9.17) is 5.73 Å². The molecular weight excluding hydrogens is 302 g/mol. The number of nitrogens with two attached hydrogens (primary N) is 1. The molecule has 3 aromatic rings. The lowest BCUT2D eigenvalue weighted by atomic mass is 9.93. The number of nitrogen functional groups attached to an aromatic ring is 1. The van der Waals surface area contributed by atoms with Crippen LogP contribution in [0, 0.1) is 0 Å². The van der Waals surface area contributed by atoms with Gasteiger partial charge in [0.25, 0.3) is 0 Å². The monoisotopic (exact) mass is 323 g/mol. The molecule has 0 fully saturated rings. The van der Waals surface area contributed by atoms with E-state index in [0.29, 0.717) is 0 Å². The van der Waals surface area contributed by atoms with Gasteiger partial charge in [-0.1, -0.05) is 73.9 Å². The van der Waals surface area contributed by atoms with E-state index in [9.17, 15) is 0 Å². The summed E-state index contributed by atoms with van der Waals surface area (Å²) < 4.78 is 0. The van der Waals surface area contributed by atoms with Crippen LogP contribution in [-0.2, 0) is 0 Å². The Hall–Kier alpha value is -3.32. The fraction of sp³-hybridized carbons (Fsp3) is 0. The van der Waals surface area contributed by atoms with Gasteiger partial charge in [-0.25, -0.2) is 0 Å². The van der Waals surface area contributed by atoms with E-state index in [-0.39, 0.29) is 0 Å². The predicted molar refractivity (Wildman–Crippen MR) is 110 cm³/mol. The number of rotatable bonds is 5. The summed E-state index contributed by atoms with van der Waals surface area (Å²) in [6.07, 6.45) is 5.62. The topological polar surface area (TPSA) is 26.0 Å². The minimum absolute atomic E-state index is 0.765. The zero-order valence-corrected chi connectivity index (χ0v) is 14.2. The van der Waals surface area contributed by atoms with Crippen LogP contribution in [0.4, 0.5) is 5.69 Å². The first-order valence-electron chi connectivity index (χ1n) is 8.23. The maximum absolute atomic E-state index is 5.83. The highest BCUT2D eigenvalue weighted by Gasteiger charge is 2.07. The molecule has 122 valence electrons. The van der Waals surface area contributed by atoms with Gasteiger partial charge >= 0.3 is 0 Å². The third kappa shape index (κ3) is 3.78. The molecule has 1 nitrogen and oxygen atoms in total. The van der Waals surface area contributed by atoms with Crippen molar-refractivity contribution in [1.82, 2.24) is 0 Å². The number of anilines is 1. The van der Waals surface area contributed by atoms with E-state index < -0.39 is 0 Å². The zero-order chi connectivity index (χ0) is 17.6. The largest absolute Gasteiger partial charge is 0.399 e. The molecule has 0 saturated heterocycles. The smallest absolute Gasteiger partial charge is 0.0314 e. The molecule has 3 aromatic carbocycles. The second-order valence-corrected chi connectivity index (χ2v) is 5.85. The third-order valence-corrected chi connectivity index (χ3v) is 4.13. The molecule has 0 radical (unpaired) electrons. The SMILES string of the molecule is C=C/C=C(\C=C)c1cc(-c2ccccc2)cc(-c2ccc(N)cc2)c1. The van der Waals surface area contributed by atoms with Crippen LogP contribution in [0.3, 0.4) is 0 Å². The van der Waals surface area contributed by atoms with Crippen molar-refractivity contribution in [2.24, 2.45) is 0 Å². The lowest BCUT2D eigenvalue weighted by Crippen LogP contribution is -1.89. The molecule has 2 N–H and O–H groups in total. The van der Waals surface area contributed by atoms with Crippen molar-refractivity contribution in [1.29, 1.82) is 0 Å². The first-order valence-corrected chi connectivity index (χ1v) is 8.23. The number of hydrogen-bond acceptors (Lipinski definition) is 1. The number of benzene rings is 3. The van der Waals surface area contributed by atoms with Crippen LogP contribution in [-0.4, -0.2) is 0 Å². The van der Waals surface area contributed by atoms with Gasteiger partial charge in [0.15, 0.2) is 0 Å². The molecule has 0 bridgehead atoms. The van der Waals surface area contributed by atoms with Gasteiger partial charge in [0, 0.05) is 5.69 Å². The molecule has 0 aliphatic heterocycles. The van der Waals surface area contributed by atoms with Crippen LogP contribution < -0.4 is 5.73 Å². The standard InChI is InChI=1S/C24H21N/c1-3-8-18(4-2)21-15-22(19-9-6-5-7-10-19)17-23(16-21)20-11-13-24(25)14-12-20/h3-17H,1-2,25H2/b18-8+. The Bertz CT molecular complexity index is 916. The summed E-state index contributed by atoms with van der Waals surface area (Å²) in [6.45, 7) is 7.75. The average Bonchev–Trinajstić information content (AvgIpc) is 2.67. The van der Waals surface area contributed by atoms with Crippen molar-refractivity contribution in [2.75, 3.05) is 5.73 Å². The van der Waals surface area contributed by atoms with Crippen LogP contribution >= 0.6 is 0 Å². The first kappa shape index (κ1) is 16.5. The third-order valence-electron chi connectivity index (χ3n) is 4.13. The summed E-state index contributed by atoms with van der Waals surface area (Å²) in [6, 6.07) is 24.9. The summed E-state index contributed by atoms with van der Waals surface area (Å²) in [7, 11) is 0. The van der Waals surface area contributed by atoms with Gasteiger partial charge in [0.1, 0.15) is 0 Å². The van der Waals surface area contributed by atoms with Gasteiger partial charge in [0.05, 0.1) is 0 Å². The van der Waals surface area contributed by atoms with Crippen LogP contribution in [0.25, 0.3) is 27.8 Å². The van der Waals surface area contributed by atoms with E-state index in [1.165, 1.54) is 11.1 Å². The second kappa shape index (κ2) is 7.50. The fourth-order valence-corrected chi connectivity index (χ4v) is 2.84. The summed E-state index contributed by atoms with van der Waals surface area (Å²) in [4.78, 5) is 0. The lowest BCUT2D eigenvalue weighted by molar-refractivity contribution is 1.55. The van der Waals surface area contributed by atoms with E-state index in [1.54, 1.807) is 6.08 Å². The van der Waals surface area contributed by atoms with Gasteiger partial charge in [-0.3, -0.25) is 0 Å². The highest BCUT2D eigenvalue weighted by Crippen LogP contribution is 2.31. The molecule has 0 aromatic heterocycles. The van der Waals surface area contributed by atoms with E-state index in [0.717, 1.165) is 28.0 Å². The minimum Gasteiger partial charge on any atom is -0.399 e. The summed E-state index contributed by atoms with van der Waals surface area (Å²) in [5, 5.41) is 0. The normalized spacial score (nSPS) is 11.1. The molecule has 3 rings (SSSR count). The molecule has 0 aliphatic carbocycles. The summed E-state index contributed by atoms with van der Waals surface area (Å²) in [5.41, 5.74) is 13.4. The Morgan fingerprint density at radius 3 is 1.88 bits per heavy atom. The van der Waals surface area contributed by atoms with Gasteiger partial charge in [0.2, 0.25) is 0 Å². The first-order chi connectivity index (χ1) is 12.2. The molecule has 25 heavy (non-hydrogen) atoms. The predicted octanol–water partition coefficient (Wildman–Crippen LogP) is 6.36. The van der Waals surface area contributed by atoms with Gasteiger partial charge < -0.3 is 5.73 Å². The Morgan fingerprint density at radius 1 is 0.720 bits per heavy atom. The summed E-state index contributed by atoms with van der Waals surface area (Å²) in [5.74, 6) is 0. The molecule has 0 aliphatic rings. The Balaban J connectivity index is 2.21. The van der Waals surface area contributed by atoms with E-state index >= 15 is 0 Å². The van der Waals surface area contributed by atoms with Crippen molar-refractivity contribution < 1.29 is 0 Å². The van der Waals surface area contributed by atoms with E-state index in [1.807, 2.05) is 42.5 Å². The van der Waals surface area contributed by atoms with Crippen molar-refractivity contribution in [3.05, 3.63) is 110 Å². The minimum atomic E-state index is 0.765. The van der Waals surface area contributed by atoms with Gasteiger partial charge in [-0.2, -0.15) is 0 Å². The van der Waals surface area contributed by atoms with Crippen LogP contribution in [0.15, 0.2) is 104 Å². The molecule has 0 amide bonds. The van der Waals surface area contributed by atoms with E-state index in [2.05, 4.69) is 55.6 Å². The van der Waals surface area contributed by atoms with Crippen LogP contribution in [0.2, 0.25) is 0 Å². The van der Waals surface area contributed by atoms with Crippen molar-refractivity contribution >= 4 is 11.3 Å². The van der Waals surface area contributed by atoms with Crippen molar-refractivity contribution in [2.45, 2.75) is 0 Å². The number of hydrogen-bond donors (Lipinski definition) is 1.